The van der Waals surface area contributed by atoms with Crippen LogP contribution in [0.3, 0.4) is 0 Å². The summed E-state index contributed by atoms with van der Waals surface area (Å²) in [6.07, 6.45) is 5.17. The minimum Gasteiger partial charge on any atom is -0.152 e. The molecule has 650 valence electrons. The van der Waals surface area contributed by atoms with Gasteiger partial charge in [-0.15, -0.1) is 37.5 Å². The molecule has 0 bridgehead atoms. The number of benzene rings is 8. The summed E-state index contributed by atoms with van der Waals surface area (Å²) < 4.78 is 46.2. The van der Waals surface area contributed by atoms with Crippen LogP contribution in [0.15, 0.2) is 158 Å². The summed E-state index contributed by atoms with van der Waals surface area (Å²) in [5.74, 6) is 10.7. The Balaban J connectivity index is 0.000000130. The molecule has 0 saturated carbocycles. The van der Waals surface area contributed by atoms with Crippen LogP contribution < -0.4 is 23.4 Å². The predicted octanol–water partition coefficient (Wildman–Crippen LogP) is 21.7. The summed E-state index contributed by atoms with van der Waals surface area (Å²) in [6.45, 7) is 65.9. The third-order valence-electron chi connectivity index (χ3n) is 32.9. The van der Waals surface area contributed by atoms with Crippen molar-refractivity contribution in [1.29, 1.82) is 0 Å². The van der Waals surface area contributed by atoms with Gasteiger partial charge in [0.1, 0.15) is 35.2 Å². The number of hydrogen-bond acceptors (Lipinski definition) is 5. The van der Waals surface area contributed by atoms with Crippen LogP contribution in [0.25, 0.3) is 62.6 Å². The molecular formula is C109H144N15+5. The van der Waals surface area contributed by atoms with E-state index >= 15 is 0 Å². The van der Waals surface area contributed by atoms with Crippen LogP contribution >= 0.6 is 0 Å². The first-order valence-electron chi connectivity index (χ1n) is 47.0. The minimum absolute atomic E-state index is 0.00273. The summed E-state index contributed by atoms with van der Waals surface area (Å²) >= 11 is 0. The van der Waals surface area contributed by atoms with Crippen molar-refractivity contribution < 1.29 is 27.5 Å². The molecule has 10 heterocycles. The lowest BCUT2D eigenvalue weighted by Crippen LogP contribution is -2.52. The second kappa shape index (κ2) is 31.2. The number of aromatic nitrogens is 15. The molecule has 0 saturated heterocycles. The van der Waals surface area contributed by atoms with Gasteiger partial charge in [-0.05, 0) is 268 Å². The van der Waals surface area contributed by atoms with E-state index in [4.69, 9.17) is 29.0 Å². The molecule has 0 aliphatic carbocycles. The Bertz CT molecular complexity index is 6360. The summed E-state index contributed by atoms with van der Waals surface area (Å²) in [5.41, 5.74) is 26.6. The van der Waals surface area contributed by atoms with E-state index in [1.165, 1.54) is 118 Å². The summed E-state index contributed by atoms with van der Waals surface area (Å²) in [6, 6.07) is 56.0. The lowest BCUT2D eigenvalue weighted by Gasteiger charge is -2.45. The maximum atomic E-state index is 7.88. The van der Waals surface area contributed by atoms with Crippen molar-refractivity contribution in [3.63, 3.8) is 0 Å². The van der Waals surface area contributed by atoms with Gasteiger partial charge >= 0.3 is 29.1 Å². The maximum Gasteiger partial charge on any atom is 0.351 e. The van der Waals surface area contributed by atoms with Crippen molar-refractivity contribution in [2.75, 3.05) is 0 Å². The number of hydrogen-bond donors (Lipinski definition) is 0. The molecule has 0 fully saturated rings. The fourth-order valence-electron chi connectivity index (χ4n) is 22.0. The normalized spacial score (nSPS) is 21.5. The highest BCUT2D eigenvalue weighted by atomic mass is 15.5. The third kappa shape index (κ3) is 13.0. The Hall–Kier alpha value is -10.5. The number of fused-ring (bicyclic) bond motifs is 15. The second-order valence-electron chi connectivity index (χ2n) is 40.7. The molecule has 0 radical (unpaired) electrons. The molecule has 0 amide bonds. The van der Waals surface area contributed by atoms with E-state index in [1.807, 2.05) is 20.0 Å². The van der Waals surface area contributed by atoms with Crippen molar-refractivity contribution in [2.45, 2.75) is 301 Å². The summed E-state index contributed by atoms with van der Waals surface area (Å²) in [7, 11) is 10.5. The molecule has 8 aromatic carbocycles. The lowest BCUT2D eigenvalue weighted by molar-refractivity contribution is -0.751. The van der Waals surface area contributed by atoms with Crippen LogP contribution in [-0.2, 0) is 89.4 Å². The highest BCUT2D eigenvalue weighted by Gasteiger charge is 2.61. The molecule has 15 nitrogen and oxygen atoms in total. The second-order valence-corrected chi connectivity index (χ2v) is 40.7. The average Bonchev–Trinajstić information content (AvgIpc) is 1.60. The van der Waals surface area contributed by atoms with Gasteiger partial charge in [0.25, 0.3) is 29.1 Å². The van der Waals surface area contributed by atoms with Crippen LogP contribution in [0.2, 0.25) is 0 Å². The average molecular weight is 1670 g/mol. The van der Waals surface area contributed by atoms with Crippen molar-refractivity contribution >= 4 is 0 Å². The monoisotopic (exact) mass is 1670 g/mol. The fourth-order valence-corrected chi connectivity index (χ4v) is 22.0. The Kier molecular flexibility index (Phi) is 21.6. The largest absolute Gasteiger partial charge is 0.351 e. The summed E-state index contributed by atoms with van der Waals surface area (Å²) in [4.78, 5) is 25.6. The molecule has 5 aromatic heterocycles. The first kappa shape index (κ1) is 85.6. The Labute approximate surface area is 746 Å². The van der Waals surface area contributed by atoms with Gasteiger partial charge in [-0.25, -0.2) is 0 Å². The van der Waals surface area contributed by atoms with Crippen LogP contribution in [0.4, 0.5) is 0 Å². The Morgan fingerprint density at radius 1 is 0.258 bits per heavy atom. The Morgan fingerprint density at radius 2 is 0.476 bits per heavy atom. The number of aryl methyl sites for hydroxylation is 11. The molecule has 0 spiro atoms. The van der Waals surface area contributed by atoms with Gasteiger partial charge in [0, 0.05) is 45.0 Å². The molecule has 15 heteroatoms. The van der Waals surface area contributed by atoms with Gasteiger partial charge in [-0.2, -0.15) is 9.36 Å². The van der Waals surface area contributed by atoms with E-state index in [0.717, 1.165) is 89.6 Å². The van der Waals surface area contributed by atoms with Crippen molar-refractivity contribution in [1.82, 2.24) is 48.3 Å². The molecule has 5 aliphatic rings. The summed E-state index contributed by atoms with van der Waals surface area (Å²) in [5, 5.41) is 0. The molecule has 5 unspecified atom stereocenters. The lowest BCUT2D eigenvalue weighted by atomic mass is 9.59. The number of nitrogens with zero attached hydrogens (tertiary/aromatic N) is 15. The van der Waals surface area contributed by atoms with Gasteiger partial charge in [-0.1, -0.05) is 225 Å². The number of rotatable bonds is 8. The smallest absolute Gasteiger partial charge is 0.152 e. The molecule has 0 N–H and O–H groups in total. The number of para-hydroxylation sites is 5. The van der Waals surface area contributed by atoms with Crippen LogP contribution in [0, 0.1) is 76.1 Å². The Morgan fingerprint density at radius 3 is 0.718 bits per heavy atom. The molecule has 13 aromatic rings. The molecule has 5 atom stereocenters. The van der Waals surface area contributed by atoms with Crippen molar-refractivity contribution in [3.05, 3.63) is 276 Å². The molecule has 18 rings (SSSR count). The molecule has 124 heavy (non-hydrogen) atoms. The van der Waals surface area contributed by atoms with Gasteiger partial charge < -0.3 is 0 Å². The third-order valence-corrected chi connectivity index (χ3v) is 32.9. The molecule has 5 aliphatic heterocycles. The topological polar surface area (TPSA) is 108 Å². The quantitative estimate of drug-likeness (QED) is 0.141. The van der Waals surface area contributed by atoms with E-state index in [0.29, 0.717) is 5.56 Å². The van der Waals surface area contributed by atoms with Gasteiger partial charge in [0.2, 0.25) is 0 Å². The zero-order chi connectivity index (χ0) is 93.2. The highest BCUT2D eigenvalue weighted by molar-refractivity contribution is 5.65. The van der Waals surface area contributed by atoms with E-state index in [1.54, 1.807) is 12.1 Å². The van der Waals surface area contributed by atoms with E-state index in [-0.39, 0.29) is 54.1 Å². The van der Waals surface area contributed by atoms with E-state index < -0.39 is 6.85 Å². The van der Waals surface area contributed by atoms with E-state index in [2.05, 4.69) is 415 Å². The molecular weight excluding hydrogens is 1520 g/mol. The van der Waals surface area contributed by atoms with Gasteiger partial charge in [0.15, 0.2) is 0 Å². The standard InChI is InChI=1S/2C25H32N3.C23H28N3.2C18H26N3/c2*1-9-25(7)23-26-22(19-14-16(2)13-17(3)15-19)27(8)28(23)21-18(4)11-10-12-20(21)24(25,5)6;1-7-23(5)21-24-20(17-13-9-8-10-14-17)25(6)26(21)19-16(2)12-11-15-18(19)22(23,3)4;2*1-8-18(6)16-19-13(3)20(7)21(16)15-12(2)10-9-11-14(15)17(18,4)5/h2*10-15H,9H2,1-8H3;8-15H,7H2,1-6H3;2*9-11H,8H2,1-7H3/q5*+1/i2D3;;;;. The van der Waals surface area contributed by atoms with Gasteiger partial charge in [0.05, 0.1) is 72.2 Å². The highest BCUT2D eigenvalue weighted by Crippen LogP contribution is 2.58. The fraction of sp³-hybridized carbons (Fsp3) is 0.468. The maximum absolute atomic E-state index is 7.88. The zero-order valence-electron chi connectivity index (χ0n) is 84.8. The van der Waals surface area contributed by atoms with Crippen LogP contribution in [-0.4, -0.2) is 48.3 Å². The van der Waals surface area contributed by atoms with Crippen LogP contribution in [0.5, 0.6) is 0 Å². The SMILES string of the molecule is CCC1(C)c2nc(-c3cc(C)cc(C)c3)[n+](C)n2-c2c(C)cccc2C1(C)C.CCC1(C)c2nc(-c3ccccc3)[n+](C)n2-c2c(C)cccc2C1(C)C.CCC1(C)c2nc(C)[n+](C)n2-c2c(C)cccc2C1(C)C.CCC1(C)c2nc(C)[n+](C)n2-c2c(C)cccc2C1(C)C.[2H]C([2H])([2H])c1cc(C)cc(-c2nc3n([n+]2C)-c2c(C)cccc2C(C)(C)C3(C)CC)c1. The van der Waals surface area contributed by atoms with Gasteiger partial charge in [-0.3, -0.25) is 0 Å². The zero-order valence-corrected chi connectivity index (χ0v) is 81.8. The van der Waals surface area contributed by atoms with E-state index in [9.17, 15) is 0 Å². The van der Waals surface area contributed by atoms with Crippen LogP contribution in [0.1, 0.15) is 293 Å². The minimum atomic E-state index is -2.15. The first-order valence-corrected chi connectivity index (χ1v) is 45.5. The van der Waals surface area contributed by atoms with Crippen molar-refractivity contribution in [2.24, 2.45) is 35.2 Å². The van der Waals surface area contributed by atoms with Crippen molar-refractivity contribution in [3.8, 4) is 62.6 Å². The predicted molar refractivity (Wildman–Crippen MR) is 505 cm³/mol. The first-order chi connectivity index (χ1) is 59.3.